The molecule has 3 aromatic rings. The zero-order valence-electron chi connectivity index (χ0n) is 16.0. The fraction of sp³-hybridized carbons (Fsp3) is 0.0800. The molecular weight excluding hydrogens is 396 g/mol. The summed E-state index contributed by atoms with van der Waals surface area (Å²) in [5.41, 5.74) is 3.98. The van der Waals surface area contributed by atoms with E-state index in [0.717, 1.165) is 37.3 Å². The summed E-state index contributed by atoms with van der Waals surface area (Å²) in [5, 5.41) is 0. The zero-order valence-corrected chi connectivity index (χ0v) is 17.6. The van der Waals surface area contributed by atoms with Crippen molar-refractivity contribution in [2.75, 3.05) is 7.11 Å². The standard InChI is InChI=1S/C25H20O2S2/c1-27-21-14-12-20(13-15-21)23-24(26)22(16-18-8-4-2-5-9-18)29-25(23)28-17-19-10-6-3-7-11-19/h2-16H,17H2,1H3/b22-16-. The third-order valence-electron chi connectivity index (χ3n) is 4.55. The van der Waals surface area contributed by atoms with Gasteiger partial charge >= 0.3 is 0 Å². The van der Waals surface area contributed by atoms with Crippen molar-refractivity contribution in [3.63, 3.8) is 0 Å². The molecule has 4 rings (SSSR count). The van der Waals surface area contributed by atoms with Gasteiger partial charge in [-0.2, -0.15) is 0 Å². The number of allylic oxidation sites excluding steroid dienone is 2. The third-order valence-corrected chi connectivity index (χ3v) is 7.01. The first-order valence-electron chi connectivity index (χ1n) is 9.29. The van der Waals surface area contributed by atoms with Crippen LogP contribution >= 0.6 is 23.5 Å². The number of methoxy groups -OCH3 is 1. The van der Waals surface area contributed by atoms with Crippen LogP contribution in [0.2, 0.25) is 0 Å². The number of benzene rings is 3. The van der Waals surface area contributed by atoms with Crippen LogP contribution in [0.25, 0.3) is 11.6 Å². The van der Waals surface area contributed by atoms with E-state index < -0.39 is 0 Å². The second-order valence-corrected chi connectivity index (χ2v) is 8.81. The molecule has 0 aliphatic carbocycles. The SMILES string of the molecule is COc1ccc(C2=C(SCc3ccccc3)S/C(=C\c3ccccc3)C2=O)cc1. The molecule has 1 aliphatic rings. The van der Waals surface area contributed by atoms with Gasteiger partial charge in [0.15, 0.2) is 0 Å². The predicted molar refractivity (Wildman–Crippen MR) is 125 cm³/mol. The first kappa shape index (κ1) is 19.6. The predicted octanol–water partition coefficient (Wildman–Crippen LogP) is 6.65. The normalized spacial score (nSPS) is 15.2. The number of rotatable bonds is 6. The second kappa shape index (κ2) is 9.21. The van der Waals surface area contributed by atoms with Gasteiger partial charge in [0.1, 0.15) is 5.75 Å². The molecule has 3 aromatic carbocycles. The van der Waals surface area contributed by atoms with Gasteiger partial charge in [0.05, 0.1) is 21.8 Å². The summed E-state index contributed by atoms with van der Waals surface area (Å²) in [6, 6.07) is 28.0. The molecule has 1 aliphatic heterocycles. The molecule has 0 aromatic heterocycles. The number of thioether (sulfide) groups is 2. The molecular formula is C25H20O2S2. The zero-order chi connectivity index (χ0) is 20.1. The summed E-state index contributed by atoms with van der Waals surface area (Å²) in [4.78, 5) is 14.1. The molecule has 0 spiro atoms. The van der Waals surface area contributed by atoms with Gasteiger partial charge in [-0.1, -0.05) is 84.6 Å². The maximum absolute atomic E-state index is 13.3. The molecule has 0 unspecified atom stereocenters. The van der Waals surface area contributed by atoms with Crippen LogP contribution in [0.1, 0.15) is 16.7 Å². The first-order valence-corrected chi connectivity index (χ1v) is 11.1. The van der Waals surface area contributed by atoms with Crippen molar-refractivity contribution in [1.29, 1.82) is 0 Å². The molecule has 0 bridgehead atoms. The lowest BCUT2D eigenvalue weighted by molar-refractivity contribution is -0.109. The molecule has 0 saturated heterocycles. The van der Waals surface area contributed by atoms with E-state index >= 15 is 0 Å². The van der Waals surface area contributed by atoms with Crippen LogP contribution in [0.5, 0.6) is 5.75 Å². The van der Waals surface area contributed by atoms with Crippen LogP contribution in [-0.4, -0.2) is 12.9 Å². The summed E-state index contributed by atoms with van der Waals surface area (Å²) in [7, 11) is 1.65. The number of ketones is 1. The lowest BCUT2D eigenvalue weighted by atomic mass is 10.0. The second-order valence-electron chi connectivity index (χ2n) is 6.52. The number of Topliss-reactive ketones (excluding diaryl/α,β-unsaturated/α-hetero) is 1. The van der Waals surface area contributed by atoms with E-state index in [1.54, 1.807) is 30.6 Å². The highest BCUT2D eigenvalue weighted by Gasteiger charge is 2.30. The van der Waals surface area contributed by atoms with Gasteiger partial charge < -0.3 is 4.74 Å². The topological polar surface area (TPSA) is 26.3 Å². The lowest BCUT2D eigenvalue weighted by Crippen LogP contribution is -1.98. The monoisotopic (exact) mass is 416 g/mol. The van der Waals surface area contributed by atoms with Crippen LogP contribution in [0.4, 0.5) is 0 Å². The fourth-order valence-corrected chi connectivity index (χ4v) is 5.47. The van der Waals surface area contributed by atoms with Gasteiger partial charge in [-0.15, -0.1) is 11.8 Å². The van der Waals surface area contributed by atoms with E-state index in [1.807, 2.05) is 78.9 Å². The Morgan fingerprint density at radius 2 is 1.55 bits per heavy atom. The van der Waals surface area contributed by atoms with Crippen LogP contribution in [0, 0.1) is 0 Å². The highest BCUT2D eigenvalue weighted by atomic mass is 32.2. The molecule has 144 valence electrons. The summed E-state index contributed by atoms with van der Waals surface area (Å²) in [5.74, 6) is 1.69. The molecule has 0 saturated carbocycles. The highest BCUT2D eigenvalue weighted by molar-refractivity contribution is 8.25. The van der Waals surface area contributed by atoms with E-state index in [4.69, 9.17) is 4.74 Å². The third kappa shape index (κ3) is 4.66. The lowest BCUT2D eigenvalue weighted by Gasteiger charge is -2.07. The minimum Gasteiger partial charge on any atom is -0.497 e. The largest absolute Gasteiger partial charge is 0.497 e. The van der Waals surface area contributed by atoms with Crippen molar-refractivity contribution >= 4 is 41.0 Å². The molecule has 0 amide bonds. The Hall–Kier alpha value is -2.69. The smallest absolute Gasteiger partial charge is 0.202 e. The number of ether oxygens (including phenoxy) is 1. The van der Waals surface area contributed by atoms with Gasteiger partial charge in [-0.05, 0) is 34.9 Å². The van der Waals surface area contributed by atoms with Gasteiger partial charge in [0, 0.05) is 5.75 Å². The molecule has 4 heteroatoms. The summed E-state index contributed by atoms with van der Waals surface area (Å²) in [6.07, 6.45) is 1.98. The van der Waals surface area contributed by atoms with Crippen molar-refractivity contribution in [3.05, 3.63) is 111 Å². The van der Waals surface area contributed by atoms with Crippen LogP contribution in [0.15, 0.2) is 94.1 Å². The van der Waals surface area contributed by atoms with Crippen molar-refractivity contribution in [3.8, 4) is 5.75 Å². The maximum atomic E-state index is 13.3. The van der Waals surface area contributed by atoms with Gasteiger partial charge in [-0.3, -0.25) is 4.79 Å². The minimum absolute atomic E-state index is 0.0829. The summed E-state index contributed by atoms with van der Waals surface area (Å²) >= 11 is 3.29. The van der Waals surface area contributed by atoms with Crippen LogP contribution in [-0.2, 0) is 10.5 Å². The molecule has 0 radical (unpaired) electrons. The Morgan fingerprint density at radius 1 is 0.897 bits per heavy atom. The van der Waals surface area contributed by atoms with E-state index in [1.165, 1.54) is 5.56 Å². The van der Waals surface area contributed by atoms with E-state index in [-0.39, 0.29) is 5.78 Å². The first-order chi connectivity index (χ1) is 14.2. The minimum atomic E-state index is 0.0829. The molecule has 29 heavy (non-hydrogen) atoms. The highest BCUT2D eigenvalue weighted by Crippen LogP contribution is 2.49. The molecule has 0 fully saturated rings. The summed E-state index contributed by atoms with van der Waals surface area (Å²) < 4.78 is 6.32. The molecule has 2 nitrogen and oxygen atoms in total. The van der Waals surface area contributed by atoms with E-state index in [9.17, 15) is 4.79 Å². The number of carbonyl (C=O) groups excluding carboxylic acids is 1. The van der Waals surface area contributed by atoms with Crippen molar-refractivity contribution in [1.82, 2.24) is 0 Å². The van der Waals surface area contributed by atoms with Crippen molar-refractivity contribution < 1.29 is 9.53 Å². The van der Waals surface area contributed by atoms with Crippen molar-refractivity contribution in [2.24, 2.45) is 0 Å². The molecule has 0 N–H and O–H groups in total. The summed E-state index contributed by atoms with van der Waals surface area (Å²) in [6.45, 7) is 0. The van der Waals surface area contributed by atoms with Crippen LogP contribution in [0.3, 0.4) is 0 Å². The number of hydrogen-bond acceptors (Lipinski definition) is 4. The van der Waals surface area contributed by atoms with Crippen LogP contribution < -0.4 is 4.74 Å². The Labute approximate surface area is 179 Å². The van der Waals surface area contributed by atoms with Gasteiger partial charge in [0.2, 0.25) is 5.78 Å². The average molecular weight is 417 g/mol. The maximum Gasteiger partial charge on any atom is 0.202 e. The van der Waals surface area contributed by atoms with Crippen molar-refractivity contribution in [2.45, 2.75) is 5.75 Å². The number of hydrogen-bond donors (Lipinski definition) is 0. The van der Waals surface area contributed by atoms with E-state index in [2.05, 4.69) is 12.1 Å². The quantitative estimate of drug-likeness (QED) is 0.420. The Kier molecular flexibility index (Phi) is 6.23. The molecule has 1 heterocycles. The Bertz CT molecular complexity index is 1050. The van der Waals surface area contributed by atoms with E-state index in [0.29, 0.717) is 0 Å². The molecule has 0 atom stereocenters. The average Bonchev–Trinajstić information content (AvgIpc) is 3.09. The van der Waals surface area contributed by atoms with Gasteiger partial charge in [-0.25, -0.2) is 0 Å². The fourth-order valence-electron chi connectivity index (χ4n) is 3.04. The Balaban J connectivity index is 1.67. The number of carbonyl (C=O) groups is 1. The Morgan fingerprint density at radius 3 is 2.21 bits per heavy atom. The van der Waals surface area contributed by atoms with Gasteiger partial charge in [0.25, 0.3) is 0 Å².